The van der Waals surface area contributed by atoms with E-state index in [9.17, 15) is 4.79 Å². The lowest BCUT2D eigenvalue weighted by Gasteiger charge is -2.07. The molecular weight excluding hydrogens is 276 g/mol. The number of benzene rings is 1. The lowest BCUT2D eigenvalue weighted by atomic mass is 10.1. The Morgan fingerprint density at radius 2 is 2.27 bits per heavy atom. The van der Waals surface area contributed by atoms with Gasteiger partial charge in [-0.3, -0.25) is 0 Å². The smallest absolute Gasteiger partial charge is 0.338 e. The average Bonchev–Trinajstić information content (AvgIpc) is 2.66. The zero-order valence-corrected chi connectivity index (χ0v) is 10.7. The number of halogens is 1. The second-order valence-electron chi connectivity index (χ2n) is 3.18. The minimum Gasteiger partial charge on any atom is -0.465 e. The van der Waals surface area contributed by atoms with E-state index in [1.807, 2.05) is 24.4 Å². The number of ether oxygens (including phenoxy) is 1. The Balaban J connectivity index is 2.83. The van der Waals surface area contributed by atoms with Crippen molar-refractivity contribution >= 4 is 43.3 Å². The molecule has 1 aromatic carbocycles. The standard InChI is InChI=1S/C11H9BrO2S/c1-6-8(12)5-9-7(3-4-15-9)10(6)11(13)14-2/h3-5H,1-2H3. The number of esters is 1. The highest BCUT2D eigenvalue weighted by Crippen LogP contribution is 2.32. The fourth-order valence-corrected chi connectivity index (χ4v) is 2.96. The molecule has 15 heavy (non-hydrogen) atoms. The van der Waals surface area contributed by atoms with Gasteiger partial charge in [0, 0.05) is 14.6 Å². The zero-order chi connectivity index (χ0) is 11.0. The maximum atomic E-state index is 11.7. The first-order valence-electron chi connectivity index (χ1n) is 4.39. The van der Waals surface area contributed by atoms with Crippen molar-refractivity contribution in [2.75, 3.05) is 7.11 Å². The van der Waals surface area contributed by atoms with Crippen molar-refractivity contribution in [1.29, 1.82) is 0 Å². The quantitative estimate of drug-likeness (QED) is 0.746. The van der Waals surface area contributed by atoms with Crippen molar-refractivity contribution in [3.63, 3.8) is 0 Å². The minimum atomic E-state index is -0.280. The maximum absolute atomic E-state index is 11.7. The fraction of sp³-hybridized carbons (Fsp3) is 0.182. The lowest BCUT2D eigenvalue weighted by Crippen LogP contribution is -2.04. The molecule has 0 aliphatic heterocycles. The molecule has 78 valence electrons. The van der Waals surface area contributed by atoms with E-state index in [0.717, 1.165) is 20.1 Å². The van der Waals surface area contributed by atoms with Crippen LogP contribution in [0.2, 0.25) is 0 Å². The third kappa shape index (κ3) is 1.68. The van der Waals surface area contributed by atoms with Crippen LogP contribution in [0, 0.1) is 6.92 Å². The Bertz CT molecular complexity index is 531. The summed E-state index contributed by atoms with van der Waals surface area (Å²) in [6, 6.07) is 3.98. The zero-order valence-electron chi connectivity index (χ0n) is 8.33. The van der Waals surface area contributed by atoms with Gasteiger partial charge in [0.25, 0.3) is 0 Å². The van der Waals surface area contributed by atoms with Crippen LogP contribution in [0.25, 0.3) is 10.1 Å². The van der Waals surface area contributed by atoms with Crippen LogP contribution < -0.4 is 0 Å². The first kappa shape index (κ1) is 10.6. The summed E-state index contributed by atoms with van der Waals surface area (Å²) in [6.45, 7) is 1.91. The number of fused-ring (bicyclic) bond motifs is 1. The Hall–Kier alpha value is -0.870. The molecular formula is C11H9BrO2S. The van der Waals surface area contributed by atoms with Gasteiger partial charge in [-0.05, 0) is 30.0 Å². The normalized spacial score (nSPS) is 10.6. The number of carbonyl (C=O) groups excluding carboxylic acids is 1. The van der Waals surface area contributed by atoms with Gasteiger partial charge in [-0.15, -0.1) is 11.3 Å². The van der Waals surface area contributed by atoms with Gasteiger partial charge in [-0.25, -0.2) is 4.79 Å². The monoisotopic (exact) mass is 284 g/mol. The van der Waals surface area contributed by atoms with Crippen molar-refractivity contribution in [2.45, 2.75) is 6.92 Å². The highest BCUT2D eigenvalue weighted by Gasteiger charge is 2.16. The summed E-state index contributed by atoms with van der Waals surface area (Å²) in [7, 11) is 1.40. The molecule has 4 heteroatoms. The third-order valence-electron chi connectivity index (χ3n) is 2.35. The van der Waals surface area contributed by atoms with Gasteiger partial charge in [0.2, 0.25) is 0 Å². The van der Waals surface area contributed by atoms with E-state index in [1.54, 1.807) is 11.3 Å². The molecule has 0 N–H and O–H groups in total. The van der Waals surface area contributed by atoms with E-state index in [2.05, 4.69) is 15.9 Å². The number of methoxy groups -OCH3 is 1. The molecule has 0 atom stereocenters. The molecule has 0 fully saturated rings. The van der Waals surface area contributed by atoms with E-state index < -0.39 is 0 Å². The van der Waals surface area contributed by atoms with Crippen molar-refractivity contribution in [2.24, 2.45) is 0 Å². The first-order chi connectivity index (χ1) is 7.15. The second kappa shape index (κ2) is 3.94. The summed E-state index contributed by atoms with van der Waals surface area (Å²) in [5.74, 6) is -0.280. The summed E-state index contributed by atoms with van der Waals surface area (Å²) >= 11 is 5.06. The SMILES string of the molecule is COC(=O)c1c(C)c(Br)cc2sccc12. The van der Waals surface area contributed by atoms with Crippen LogP contribution in [-0.2, 0) is 4.74 Å². The fourth-order valence-electron chi connectivity index (χ4n) is 1.55. The highest BCUT2D eigenvalue weighted by molar-refractivity contribution is 9.10. The molecule has 1 aromatic heterocycles. The number of carbonyl (C=O) groups is 1. The number of rotatable bonds is 1. The Labute approximate surface area is 100.0 Å². The molecule has 2 aromatic rings. The molecule has 0 aliphatic carbocycles. The number of hydrogen-bond acceptors (Lipinski definition) is 3. The lowest BCUT2D eigenvalue weighted by molar-refractivity contribution is 0.0602. The summed E-state index contributed by atoms with van der Waals surface area (Å²) in [6.07, 6.45) is 0. The molecule has 2 rings (SSSR count). The third-order valence-corrected chi connectivity index (χ3v) is 4.03. The van der Waals surface area contributed by atoms with Crippen LogP contribution in [0.15, 0.2) is 22.0 Å². The number of thiophene rings is 1. The maximum Gasteiger partial charge on any atom is 0.338 e. The van der Waals surface area contributed by atoms with Gasteiger partial charge in [-0.1, -0.05) is 15.9 Å². The predicted octanol–water partition coefficient (Wildman–Crippen LogP) is 3.76. The molecule has 1 heterocycles. The van der Waals surface area contributed by atoms with Crippen LogP contribution in [0.1, 0.15) is 15.9 Å². The summed E-state index contributed by atoms with van der Waals surface area (Å²) in [5, 5.41) is 2.94. The molecule has 0 amide bonds. The van der Waals surface area contributed by atoms with Gasteiger partial charge in [0.05, 0.1) is 12.7 Å². The average molecular weight is 285 g/mol. The van der Waals surface area contributed by atoms with Crippen molar-refractivity contribution in [3.05, 3.63) is 33.1 Å². The Morgan fingerprint density at radius 3 is 2.93 bits per heavy atom. The summed E-state index contributed by atoms with van der Waals surface area (Å²) in [5.41, 5.74) is 1.58. The van der Waals surface area contributed by atoms with Crippen LogP contribution in [-0.4, -0.2) is 13.1 Å². The molecule has 0 radical (unpaired) electrons. The van der Waals surface area contributed by atoms with Crippen molar-refractivity contribution in [3.8, 4) is 0 Å². The summed E-state index contributed by atoms with van der Waals surface area (Å²) in [4.78, 5) is 11.7. The highest BCUT2D eigenvalue weighted by atomic mass is 79.9. The molecule has 0 saturated heterocycles. The van der Waals surface area contributed by atoms with Gasteiger partial charge >= 0.3 is 5.97 Å². The van der Waals surface area contributed by atoms with Crippen LogP contribution in [0.3, 0.4) is 0 Å². The molecule has 0 unspecified atom stereocenters. The van der Waals surface area contributed by atoms with E-state index in [0.29, 0.717) is 5.56 Å². The molecule has 0 bridgehead atoms. The van der Waals surface area contributed by atoms with Crippen molar-refractivity contribution < 1.29 is 9.53 Å². The van der Waals surface area contributed by atoms with E-state index in [-0.39, 0.29) is 5.97 Å². The molecule has 2 nitrogen and oxygen atoms in total. The van der Waals surface area contributed by atoms with Gasteiger partial charge in [0.15, 0.2) is 0 Å². The van der Waals surface area contributed by atoms with Gasteiger partial charge < -0.3 is 4.74 Å². The number of hydrogen-bond donors (Lipinski definition) is 0. The molecule has 0 spiro atoms. The molecule has 0 aliphatic rings. The predicted molar refractivity (Wildman–Crippen MR) is 65.6 cm³/mol. The Morgan fingerprint density at radius 1 is 1.53 bits per heavy atom. The molecule has 0 saturated carbocycles. The second-order valence-corrected chi connectivity index (χ2v) is 4.98. The van der Waals surface area contributed by atoms with Crippen LogP contribution in [0.4, 0.5) is 0 Å². The minimum absolute atomic E-state index is 0.280. The van der Waals surface area contributed by atoms with Crippen LogP contribution >= 0.6 is 27.3 Å². The van der Waals surface area contributed by atoms with E-state index >= 15 is 0 Å². The largest absolute Gasteiger partial charge is 0.465 e. The van der Waals surface area contributed by atoms with E-state index in [1.165, 1.54) is 7.11 Å². The van der Waals surface area contributed by atoms with Crippen molar-refractivity contribution in [1.82, 2.24) is 0 Å². The topological polar surface area (TPSA) is 26.3 Å². The summed E-state index contributed by atoms with van der Waals surface area (Å²) < 4.78 is 6.83. The first-order valence-corrected chi connectivity index (χ1v) is 6.07. The Kier molecular flexibility index (Phi) is 2.80. The van der Waals surface area contributed by atoms with Gasteiger partial charge in [-0.2, -0.15) is 0 Å². The van der Waals surface area contributed by atoms with Crippen LogP contribution in [0.5, 0.6) is 0 Å². The van der Waals surface area contributed by atoms with E-state index in [4.69, 9.17) is 4.74 Å². The van der Waals surface area contributed by atoms with Gasteiger partial charge in [0.1, 0.15) is 0 Å².